The Bertz CT molecular complexity index is 475. The molecule has 0 radical (unpaired) electrons. The van der Waals surface area contributed by atoms with Gasteiger partial charge in [0.1, 0.15) is 5.82 Å². The lowest BCUT2D eigenvalue weighted by molar-refractivity contribution is -0.121. The maximum atomic E-state index is 12.7. The number of benzene rings is 1. The fourth-order valence-electron chi connectivity index (χ4n) is 2.17. The summed E-state index contributed by atoms with van der Waals surface area (Å²) in [6.45, 7) is 0.929. The van der Waals surface area contributed by atoms with Gasteiger partial charge in [-0.2, -0.15) is 0 Å². The van der Waals surface area contributed by atoms with E-state index in [0.29, 0.717) is 18.8 Å². The second kappa shape index (κ2) is 5.69. The molecule has 1 aromatic carbocycles. The molecule has 1 fully saturated rings. The lowest BCUT2D eigenvalue weighted by Crippen LogP contribution is -2.46. The Labute approximate surface area is 110 Å². The predicted octanol–water partition coefficient (Wildman–Crippen LogP) is 1.55. The molecule has 6 heteroatoms. The highest BCUT2D eigenvalue weighted by Gasteiger charge is 2.27. The minimum Gasteiger partial charge on any atom is -0.351 e. The molecule has 0 aromatic heterocycles. The Balaban J connectivity index is 1.96. The Morgan fingerprint density at radius 3 is 2.63 bits per heavy atom. The summed E-state index contributed by atoms with van der Waals surface area (Å²) in [4.78, 5) is 24.6. The molecule has 1 atom stereocenters. The minimum absolute atomic E-state index is 0.169. The van der Waals surface area contributed by atoms with Crippen LogP contribution in [-0.2, 0) is 4.79 Å². The number of likely N-dealkylation sites (tertiary alicyclic amines) is 1. The number of anilines is 1. The van der Waals surface area contributed by atoms with Gasteiger partial charge in [0, 0.05) is 18.8 Å². The van der Waals surface area contributed by atoms with Crippen LogP contribution in [-0.4, -0.2) is 29.9 Å². The standard InChI is InChI=1S/C13H16FN3O2/c14-10-3-5-11(6-4-10)16-12(18)9-2-1-7-17(8-9)13(15)19/h3-6,9H,1-2,7-8H2,(H2,15,19)(H,16,18)/t9-/m0/s1. The maximum Gasteiger partial charge on any atom is 0.314 e. The molecule has 0 bridgehead atoms. The Morgan fingerprint density at radius 1 is 1.32 bits per heavy atom. The third-order valence-electron chi connectivity index (χ3n) is 3.22. The number of hydrogen-bond acceptors (Lipinski definition) is 2. The number of nitrogens with one attached hydrogen (secondary N) is 1. The van der Waals surface area contributed by atoms with Crippen LogP contribution >= 0.6 is 0 Å². The van der Waals surface area contributed by atoms with Gasteiger partial charge < -0.3 is 16.0 Å². The van der Waals surface area contributed by atoms with Gasteiger partial charge in [0.05, 0.1) is 5.92 Å². The summed E-state index contributed by atoms with van der Waals surface area (Å²) in [5.41, 5.74) is 5.76. The number of urea groups is 1. The van der Waals surface area contributed by atoms with Crippen LogP contribution in [0.25, 0.3) is 0 Å². The van der Waals surface area contributed by atoms with Crippen molar-refractivity contribution in [1.29, 1.82) is 0 Å². The highest BCUT2D eigenvalue weighted by Crippen LogP contribution is 2.18. The van der Waals surface area contributed by atoms with Crippen molar-refractivity contribution >= 4 is 17.6 Å². The van der Waals surface area contributed by atoms with Crippen molar-refractivity contribution in [3.05, 3.63) is 30.1 Å². The van der Waals surface area contributed by atoms with Crippen molar-refractivity contribution in [2.75, 3.05) is 18.4 Å². The summed E-state index contributed by atoms with van der Waals surface area (Å²) in [7, 11) is 0. The largest absolute Gasteiger partial charge is 0.351 e. The molecule has 19 heavy (non-hydrogen) atoms. The average molecular weight is 265 g/mol. The predicted molar refractivity (Wildman–Crippen MR) is 68.9 cm³/mol. The number of halogens is 1. The summed E-state index contributed by atoms with van der Waals surface area (Å²) < 4.78 is 12.7. The lowest BCUT2D eigenvalue weighted by Gasteiger charge is -2.30. The van der Waals surface area contributed by atoms with Gasteiger partial charge in [0.15, 0.2) is 0 Å². The molecular weight excluding hydrogens is 249 g/mol. The van der Waals surface area contributed by atoms with E-state index in [1.807, 2.05) is 0 Å². The summed E-state index contributed by atoms with van der Waals surface area (Å²) in [6, 6.07) is 5.07. The number of primary amides is 1. The number of rotatable bonds is 2. The van der Waals surface area contributed by atoms with Gasteiger partial charge in [-0.3, -0.25) is 4.79 Å². The van der Waals surface area contributed by atoms with Crippen molar-refractivity contribution in [3.63, 3.8) is 0 Å². The van der Waals surface area contributed by atoms with Crippen LogP contribution in [0.15, 0.2) is 24.3 Å². The van der Waals surface area contributed by atoms with E-state index in [4.69, 9.17) is 5.73 Å². The van der Waals surface area contributed by atoms with Crippen LogP contribution in [0.1, 0.15) is 12.8 Å². The van der Waals surface area contributed by atoms with Crippen LogP contribution in [0.5, 0.6) is 0 Å². The van der Waals surface area contributed by atoms with Crippen LogP contribution in [0.4, 0.5) is 14.9 Å². The Kier molecular flexibility index (Phi) is 3.99. The molecule has 1 aromatic rings. The van der Waals surface area contributed by atoms with Crippen LogP contribution in [0.3, 0.4) is 0 Å². The van der Waals surface area contributed by atoms with Crippen molar-refractivity contribution in [3.8, 4) is 0 Å². The molecule has 0 aliphatic carbocycles. The first-order valence-corrected chi connectivity index (χ1v) is 6.17. The average Bonchev–Trinajstić information content (AvgIpc) is 2.41. The van der Waals surface area contributed by atoms with Crippen molar-refractivity contribution in [2.45, 2.75) is 12.8 Å². The zero-order chi connectivity index (χ0) is 13.8. The molecule has 3 amide bonds. The zero-order valence-corrected chi connectivity index (χ0v) is 10.4. The van der Waals surface area contributed by atoms with Gasteiger partial charge in [0.25, 0.3) is 0 Å². The van der Waals surface area contributed by atoms with Gasteiger partial charge in [-0.25, -0.2) is 9.18 Å². The summed E-state index contributed by atoms with van der Waals surface area (Å²) in [5, 5.41) is 2.71. The van der Waals surface area contributed by atoms with Gasteiger partial charge >= 0.3 is 6.03 Å². The van der Waals surface area contributed by atoms with E-state index in [0.717, 1.165) is 12.8 Å². The third-order valence-corrected chi connectivity index (χ3v) is 3.22. The molecular formula is C13H16FN3O2. The first kappa shape index (κ1) is 13.3. The number of piperidine rings is 1. The number of amides is 3. The molecule has 3 N–H and O–H groups in total. The van der Waals surface area contributed by atoms with E-state index in [1.165, 1.54) is 29.2 Å². The number of hydrogen-bond donors (Lipinski definition) is 2. The topological polar surface area (TPSA) is 75.4 Å². The van der Waals surface area contributed by atoms with Crippen molar-refractivity contribution in [1.82, 2.24) is 4.90 Å². The fraction of sp³-hybridized carbons (Fsp3) is 0.385. The minimum atomic E-state index is -0.501. The van der Waals surface area contributed by atoms with Crippen LogP contribution in [0, 0.1) is 11.7 Å². The number of nitrogens with zero attached hydrogens (tertiary/aromatic N) is 1. The summed E-state index contributed by atoms with van der Waals surface area (Å²) >= 11 is 0. The second-order valence-electron chi connectivity index (χ2n) is 4.62. The summed E-state index contributed by atoms with van der Waals surface area (Å²) in [6.07, 6.45) is 1.47. The highest BCUT2D eigenvalue weighted by molar-refractivity contribution is 5.93. The van der Waals surface area contributed by atoms with Crippen molar-refractivity contribution in [2.24, 2.45) is 11.7 Å². The smallest absolute Gasteiger partial charge is 0.314 e. The Morgan fingerprint density at radius 2 is 2.00 bits per heavy atom. The highest BCUT2D eigenvalue weighted by atomic mass is 19.1. The zero-order valence-electron chi connectivity index (χ0n) is 10.4. The van der Waals surface area contributed by atoms with E-state index < -0.39 is 6.03 Å². The third kappa shape index (κ3) is 3.43. The van der Waals surface area contributed by atoms with E-state index in [2.05, 4.69) is 5.32 Å². The van der Waals surface area contributed by atoms with E-state index in [1.54, 1.807) is 0 Å². The van der Waals surface area contributed by atoms with E-state index >= 15 is 0 Å². The first-order chi connectivity index (χ1) is 9.06. The van der Waals surface area contributed by atoms with Gasteiger partial charge in [-0.1, -0.05) is 0 Å². The number of nitrogens with two attached hydrogens (primary N) is 1. The lowest BCUT2D eigenvalue weighted by atomic mass is 9.97. The molecule has 1 aliphatic rings. The fourth-order valence-corrected chi connectivity index (χ4v) is 2.17. The molecule has 1 heterocycles. The molecule has 102 valence electrons. The Hall–Kier alpha value is -2.11. The van der Waals surface area contributed by atoms with Gasteiger partial charge in [-0.15, -0.1) is 0 Å². The molecule has 1 saturated heterocycles. The molecule has 0 unspecified atom stereocenters. The monoisotopic (exact) mass is 265 g/mol. The van der Waals surface area contributed by atoms with Gasteiger partial charge in [0.2, 0.25) is 5.91 Å². The molecule has 2 rings (SSSR count). The SMILES string of the molecule is NC(=O)N1CCC[C@H](C(=O)Nc2ccc(F)cc2)C1. The molecule has 5 nitrogen and oxygen atoms in total. The van der Waals surface area contributed by atoms with E-state index in [-0.39, 0.29) is 17.6 Å². The maximum absolute atomic E-state index is 12.7. The normalized spacial score (nSPS) is 19.0. The van der Waals surface area contributed by atoms with Crippen molar-refractivity contribution < 1.29 is 14.0 Å². The molecule has 0 saturated carbocycles. The van der Waals surface area contributed by atoms with Crippen LogP contribution in [0.2, 0.25) is 0 Å². The van der Waals surface area contributed by atoms with Crippen LogP contribution < -0.4 is 11.1 Å². The van der Waals surface area contributed by atoms with E-state index in [9.17, 15) is 14.0 Å². The number of carbonyl (C=O) groups excluding carboxylic acids is 2. The number of carbonyl (C=O) groups is 2. The molecule has 1 aliphatic heterocycles. The van der Waals surface area contributed by atoms with Gasteiger partial charge in [-0.05, 0) is 37.1 Å². The second-order valence-corrected chi connectivity index (χ2v) is 4.62. The molecule has 0 spiro atoms. The first-order valence-electron chi connectivity index (χ1n) is 6.17. The summed E-state index contributed by atoms with van der Waals surface area (Å²) in [5.74, 6) is -0.792. The quantitative estimate of drug-likeness (QED) is 0.851.